The van der Waals surface area contributed by atoms with Gasteiger partial charge in [-0.25, -0.2) is 9.97 Å². The van der Waals surface area contributed by atoms with E-state index < -0.39 is 4.92 Å². The van der Waals surface area contributed by atoms with Crippen molar-refractivity contribution >= 4 is 11.5 Å². The Labute approximate surface area is 114 Å². The lowest BCUT2D eigenvalue weighted by molar-refractivity contribution is -0.383. The molecular weight excluding hydrogens is 260 g/mol. The molecule has 2 aromatic rings. The van der Waals surface area contributed by atoms with E-state index in [9.17, 15) is 10.1 Å². The average molecular weight is 272 g/mol. The fourth-order valence-corrected chi connectivity index (χ4v) is 2.33. The molecule has 7 nitrogen and oxygen atoms in total. The number of nitro groups is 1. The highest BCUT2D eigenvalue weighted by Gasteiger charge is 2.27. The number of ether oxygens (including phenoxy) is 1. The van der Waals surface area contributed by atoms with Gasteiger partial charge >= 0.3 is 5.69 Å². The minimum Gasteiger partial charge on any atom is -0.492 e. The highest BCUT2D eigenvalue weighted by molar-refractivity contribution is 5.81. The van der Waals surface area contributed by atoms with Gasteiger partial charge in [-0.15, -0.1) is 0 Å². The number of anilines is 1. The van der Waals surface area contributed by atoms with Crippen LogP contribution in [0.25, 0.3) is 11.3 Å². The summed E-state index contributed by atoms with van der Waals surface area (Å²) >= 11 is 0. The minimum atomic E-state index is -0.477. The summed E-state index contributed by atoms with van der Waals surface area (Å²) in [4.78, 5) is 18.8. The van der Waals surface area contributed by atoms with Crippen molar-refractivity contribution in [1.29, 1.82) is 0 Å². The summed E-state index contributed by atoms with van der Waals surface area (Å²) < 4.78 is 5.59. The molecule has 0 spiro atoms. The molecule has 0 radical (unpaired) electrons. The van der Waals surface area contributed by atoms with Gasteiger partial charge in [-0.2, -0.15) is 0 Å². The van der Waals surface area contributed by atoms with E-state index in [0.717, 1.165) is 12.0 Å². The Kier molecular flexibility index (Phi) is 2.94. The van der Waals surface area contributed by atoms with Gasteiger partial charge in [-0.05, 0) is 11.6 Å². The van der Waals surface area contributed by atoms with Crippen LogP contribution in [0, 0.1) is 10.1 Å². The molecular formula is C13H12N4O3. The van der Waals surface area contributed by atoms with Crippen molar-refractivity contribution in [3.63, 3.8) is 0 Å². The Balaban J connectivity index is 2.26. The van der Waals surface area contributed by atoms with Gasteiger partial charge in [0.1, 0.15) is 12.1 Å². The maximum atomic E-state index is 11.3. The first kappa shape index (κ1) is 12.3. The summed E-state index contributed by atoms with van der Waals surface area (Å²) in [5.41, 5.74) is 1.80. The van der Waals surface area contributed by atoms with Crippen LogP contribution < -0.4 is 10.1 Å². The molecule has 0 fully saturated rings. The van der Waals surface area contributed by atoms with Gasteiger partial charge < -0.3 is 10.1 Å². The van der Waals surface area contributed by atoms with Crippen molar-refractivity contribution in [2.24, 2.45) is 0 Å². The third-order valence-electron chi connectivity index (χ3n) is 3.21. The van der Waals surface area contributed by atoms with E-state index in [1.165, 1.54) is 6.33 Å². The number of hydrogen-bond donors (Lipinski definition) is 1. The van der Waals surface area contributed by atoms with Crippen LogP contribution in [0.15, 0.2) is 24.5 Å². The number of nitrogens with zero attached hydrogens (tertiary/aromatic N) is 3. The van der Waals surface area contributed by atoms with Crippen molar-refractivity contribution in [3.05, 3.63) is 40.2 Å². The van der Waals surface area contributed by atoms with Gasteiger partial charge in [0, 0.05) is 19.0 Å². The molecule has 0 saturated heterocycles. The van der Waals surface area contributed by atoms with Gasteiger partial charge in [0.15, 0.2) is 5.69 Å². The Morgan fingerprint density at radius 3 is 3.00 bits per heavy atom. The van der Waals surface area contributed by atoms with Crippen molar-refractivity contribution in [3.8, 4) is 17.0 Å². The fraction of sp³-hybridized carbons (Fsp3) is 0.231. The minimum absolute atomic E-state index is 0.140. The van der Waals surface area contributed by atoms with Crippen molar-refractivity contribution in [1.82, 2.24) is 9.97 Å². The van der Waals surface area contributed by atoms with Gasteiger partial charge in [-0.1, -0.05) is 12.1 Å². The van der Waals surface area contributed by atoms with E-state index in [1.807, 2.05) is 12.1 Å². The summed E-state index contributed by atoms with van der Waals surface area (Å²) in [7, 11) is 1.59. The third-order valence-corrected chi connectivity index (χ3v) is 3.21. The number of rotatable bonds is 3. The Morgan fingerprint density at radius 1 is 1.40 bits per heavy atom. The van der Waals surface area contributed by atoms with E-state index in [2.05, 4.69) is 15.3 Å². The molecule has 1 aromatic heterocycles. The van der Waals surface area contributed by atoms with E-state index >= 15 is 0 Å². The zero-order chi connectivity index (χ0) is 14.1. The molecule has 1 aliphatic heterocycles. The summed E-state index contributed by atoms with van der Waals surface area (Å²) in [6.45, 7) is 0.587. The molecule has 2 heterocycles. The zero-order valence-electron chi connectivity index (χ0n) is 10.8. The number of aromatic nitrogens is 2. The predicted molar refractivity (Wildman–Crippen MR) is 72.9 cm³/mol. The van der Waals surface area contributed by atoms with Gasteiger partial charge in [0.25, 0.3) is 0 Å². The topological polar surface area (TPSA) is 90.2 Å². The third kappa shape index (κ3) is 1.83. The van der Waals surface area contributed by atoms with E-state index in [0.29, 0.717) is 17.9 Å². The van der Waals surface area contributed by atoms with Crippen LogP contribution in [-0.4, -0.2) is 28.5 Å². The normalized spacial score (nSPS) is 12.7. The first-order valence-electron chi connectivity index (χ1n) is 6.14. The average Bonchev–Trinajstić information content (AvgIpc) is 2.94. The molecule has 0 saturated carbocycles. The van der Waals surface area contributed by atoms with Crippen LogP contribution in [0.2, 0.25) is 0 Å². The van der Waals surface area contributed by atoms with Crippen LogP contribution in [0.1, 0.15) is 5.56 Å². The van der Waals surface area contributed by atoms with Crippen molar-refractivity contribution < 1.29 is 9.66 Å². The molecule has 7 heteroatoms. The smallest absolute Gasteiger partial charge is 0.337 e. The highest BCUT2D eigenvalue weighted by Crippen LogP contribution is 2.41. The second kappa shape index (κ2) is 4.76. The number of fused-ring (bicyclic) bond motifs is 1. The van der Waals surface area contributed by atoms with Gasteiger partial charge in [-0.3, -0.25) is 10.1 Å². The molecule has 1 aromatic carbocycles. The molecule has 3 rings (SSSR count). The first-order valence-corrected chi connectivity index (χ1v) is 6.14. The second-order valence-electron chi connectivity index (χ2n) is 4.32. The monoisotopic (exact) mass is 272 g/mol. The second-order valence-corrected chi connectivity index (χ2v) is 4.32. The summed E-state index contributed by atoms with van der Waals surface area (Å²) in [5, 5.41) is 14.0. The fourth-order valence-electron chi connectivity index (χ4n) is 2.33. The lowest BCUT2D eigenvalue weighted by Gasteiger charge is -2.09. The summed E-state index contributed by atoms with van der Waals surface area (Å²) in [6, 6.07) is 5.59. The number of hydrogen-bond acceptors (Lipinski definition) is 6. The standard InChI is InChI=1S/C13H12N4O3/c1-14-13-11(17(18)19)10(15-7-16-13)9-4-2-3-8-5-6-20-12(8)9/h2-4,7H,5-6H2,1H3,(H,14,15,16). The van der Waals surface area contributed by atoms with Crippen LogP contribution in [0.4, 0.5) is 11.5 Å². The lowest BCUT2D eigenvalue weighted by Crippen LogP contribution is -2.03. The molecule has 0 atom stereocenters. The largest absolute Gasteiger partial charge is 0.492 e. The summed E-state index contributed by atoms with van der Waals surface area (Å²) in [6.07, 6.45) is 2.11. The molecule has 0 aliphatic carbocycles. The SMILES string of the molecule is CNc1ncnc(-c2cccc3c2OCC3)c1[N+](=O)[O-]. The van der Waals surface area contributed by atoms with E-state index in [4.69, 9.17) is 4.74 Å². The van der Waals surface area contributed by atoms with Crippen LogP contribution in [0.3, 0.4) is 0 Å². The Hall–Kier alpha value is -2.70. The van der Waals surface area contributed by atoms with Gasteiger partial charge in [0.2, 0.25) is 5.82 Å². The maximum absolute atomic E-state index is 11.3. The first-order chi connectivity index (χ1) is 9.72. The quantitative estimate of drug-likeness (QED) is 0.679. The molecule has 0 unspecified atom stereocenters. The molecule has 0 amide bonds. The Bertz CT molecular complexity index is 687. The van der Waals surface area contributed by atoms with Gasteiger partial charge in [0.05, 0.1) is 11.5 Å². The van der Waals surface area contributed by atoms with Crippen molar-refractivity contribution in [2.45, 2.75) is 6.42 Å². The number of benzene rings is 1. The van der Waals surface area contributed by atoms with Crippen LogP contribution >= 0.6 is 0 Å². The van der Waals surface area contributed by atoms with Crippen molar-refractivity contribution in [2.75, 3.05) is 19.0 Å². The summed E-state index contributed by atoms with van der Waals surface area (Å²) in [5.74, 6) is 0.868. The van der Waals surface area contributed by atoms with E-state index in [1.54, 1.807) is 13.1 Å². The zero-order valence-corrected chi connectivity index (χ0v) is 10.8. The van der Waals surface area contributed by atoms with Crippen LogP contribution in [-0.2, 0) is 6.42 Å². The molecule has 1 aliphatic rings. The van der Waals surface area contributed by atoms with E-state index in [-0.39, 0.29) is 17.2 Å². The van der Waals surface area contributed by atoms with Crippen LogP contribution in [0.5, 0.6) is 5.75 Å². The maximum Gasteiger partial charge on any atom is 0.337 e. The molecule has 0 bridgehead atoms. The molecule has 20 heavy (non-hydrogen) atoms. The number of nitrogens with one attached hydrogen (secondary N) is 1. The predicted octanol–water partition coefficient (Wildman–Crippen LogP) is 2.03. The lowest BCUT2D eigenvalue weighted by atomic mass is 10.0. The molecule has 1 N–H and O–H groups in total. The number of para-hydroxylation sites is 1. The highest BCUT2D eigenvalue weighted by atomic mass is 16.6. The molecule has 102 valence electrons. The Morgan fingerprint density at radius 2 is 2.25 bits per heavy atom.